The van der Waals surface area contributed by atoms with Crippen molar-refractivity contribution in [3.05, 3.63) is 27.7 Å². The van der Waals surface area contributed by atoms with Crippen LogP contribution in [0.2, 0.25) is 0 Å². The van der Waals surface area contributed by atoms with E-state index >= 15 is 0 Å². The first-order valence-corrected chi connectivity index (χ1v) is 9.86. The highest BCUT2D eigenvalue weighted by Crippen LogP contribution is 2.15. The van der Waals surface area contributed by atoms with Crippen molar-refractivity contribution < 1.29 is 0 Å². The van der Waals surface area contributed by atoms with Crippen LogP contribution in [-0.4, -0.2) is 44.2 Å². The van der Waals surface area contributed by atoms with Crippen LogP contribution in [0.1, 0.15) is 48.5 Å². The van der Waals surface area contributed by atoms with Gasteiger partial charge in [-0.2, -0.15) is 0 Å². The van der Waals surface area contributed by atoms with E-state index in [-0.39, 0.29) is 24.0 Å². The topological polar surface area (TPSA) is 71.2 Å². The van der Waals surface area contributed by atoms with Crippen LogP contribution >= 0.6 is 35.3 Å². The van der Waals surface area contributed by atoms with Gasteiger partial charge in [0.15, 0.2) is 11.8 Å². The molecule has 0 aromatic carbocycles. The lowest BCUT2D eigenvalue weighted by molar-refractivity contribution is 0.469. The molecule has 0 amide bonds. The molecule has 3 rings (SSSR count). The molecule has 0 unspecified atom stereocenters. The van der Waals surface area contributed by atoms with E-state index in [2.05, 4.69) is 42.3 Å². The maximum atomic E-state index is 4.78. The number of hydrogen-bond donors (Lipinski definition) is 1. The fraction of sp³-hybridized carbons (Fsp3) is 0.647. The molecule has 144 valence electrons. The molecule has 26 heavy (non-hydrogen) atoms. The van der Waals surface area contributed by atoms with Crippen LogP contribution in [0.5, 0.6) is 0 Å². The Balaban J connectivity index is 0.00000243. The third-order valence-electron chi connectivity index (χ3n) is 4.32. The largest absolute Gasteiger partial charge is 0.357 e. The molecular weight excluding hydrogens is 461 g/mol. The van der Waals surface area contributed by atoms with Crippen molar-refractivity contribution in [3.8, 4) is 0 Å². The average molecular weight is 489 g/mol. The van der Waals surface area contributed by atoms with Gasteiger partial charge in [0.2, 0.25) is 0 Å². The summed E-state index contributed by atoms with van der Waals surface area (Å²) < 4.78 is 2.25. The quantitative estimate of drug-likeness (QED) is 0.397. The van der Waals surface area contributed by atoms with Crippen molar-refractivity contribution in [2.24, 2.45) is 4.99 Å². The second kappa shape index (κ2) is 10.2. The first-order chi connectivity index (χ1) is 12.2. The Labute approximate surface area is 176 Å². The monoisotopic (exact) mass is 489 g/mol. The third-order valence-corrected chi connectivity index (χ3v) is 5.14. The van der Waals surface area contributed by atoms with E-state index in [0.717, 1.165) is 54.4 Å². The van der Waals surface area contributed by atoms with Crippen LogP contribution in [-0.2, 0) is 26.1 Å². The standard InChI is InChI=1S/C17H27N7S.HI/c1-4-18-17(23(3)11-14-12-25-13(2)20-14)19-10-16-22-21-15-8-6-5-7-9-24(15)16;/h12H,4-11H2,1-3H3,(H,18,19);1H. The smallest absolute Gasteiger partial charge is 0.194 e. The van der Waals surface area contributed by atoms with Gasteiger partial charge in [0.05, 0.1) is 17.2 Å². The zero-order valence-electron chi connectivity index (χ0n) is 15.7. The molecule has 0 saturated carbocycles. The Morgan fingerprint density at radius 1 is 1.35 bits per heavy atom. The second-order valence-electron chi connectivity index (χ2n) is 6.38. The third kappa shape index (κ3) is 5.38. The van der Waals surface area contributed by atoms with Crippen molar-refractivity contribution >= 4 is 41.3 Å². The van der Waals surface area contributed by atoms with Gasteiger partial charge in [-0.3, -0.25) is 0 Å². The van der Waals surface area contributed by atoms with E-state index in [1.165, 1.54) is 19.3 Å². The molecule has 2 aromatic heterocycles. The molecule has 9 heteroatoms. The van der Waals surface area contributed by atoms with Gasteiger partial charge in [0.25, 0.3) is 0 Å². The van der Waals surface area contributed by atoms with Crippen molar-refractivity contribution in [2.75, 3.05) is 13.6 Å². The Kier molecular flexibility index (Phi) is 8.26. The lowest BCUT2D eigenvalue weighted by atomic mass is 10.2. The van der Waals surface area contributed by atoms with Gasteiger partial charge >= 0.3 is 0 Å². The van der Waals surface area contributed by atoms with E-state index in [1.807, 2.05) is 14.0 Å². The summed E-state index contributed by atoms with van der Waals surface area (Å²) in [5, 5.41) is 15.3. The second-order valence-corrected chi connectivity index (χ2v) is 7.44. The van der Waals surface area contributed by atoms with Crippen molar-refractivity contribution in [1.29, 1.82) is 0 Å². The lowest BCUT2D eigenvalue weighted by Gasteiger charge is -2.21. The summed E-state index contributed by atoms with van der Waals surface area (Å²) in [5.74, 6) is 2.95. The fourth-order valence-corrected chi connectivity index (χ4v) is 3.68. The minimum Gasteiger partial charge on any atom is -0.357 e. The number of guanidine groups is 1. The molecule has 0 atom stereocenters. The van der Waals surface area contributed by atoms with Crippen molar-refractivity contribution in [2.45, 2.75) is 59.2 Å². The number of nitrogens with one attached hydrogen (secondary N) is 1. The number of fused-ring (bicyclic) bond motifs is 1. The molecule has 0 fully saturated rings. The SMILES string of the molecule is CCNC(=NCc1nnc2n1CCCCC2)N(C)Cc1csc(C)n1.I. The van der Waals surface area contributed by atoms with Crippen LogP contribution in [0.25, 0.3) is 0 Å². The predicted octanol–water partition coefficient (Wildman–Crippen LogP) is 2.98. The normalized spacial score (nSPS) is 14.3. The van der Waals surface area contributed by atoms with Gasteiger partial charge < -0.3 is 14.8 Å². The van der Waals surface area contributed by atoms with Crippen LogP contribution in [0.3, 0.4) is 0 Å². The molecule has 0 spiro atoms. The van der Waals surface area contributed by atoms with E-state index in [4.69, 9.17) is 4.99 Å². The molecule has 7 nitrogen and oxygen atoms in total. The summed E-state index contributed by atoms with van der Waals surface area (Å²) in [4.78, 5) is 11.4. The van der Waals surface area contributed by atoms with Crippen molar-refractivity contribution in [3.63, 3.8) is 0 Å². The molecule has 2 aromatic rings. The van der Waals surface area contributed by atoms with Crippen molar-refractivity contribution in [1.82, 2.24) is 30.0 Å². The van der Waals surface area contributed by atoms with E-state index in [9.17, 15) is 0 Å². The van der Waals surface area contributed by atoms with E-state index in [0.29, 0.717) is 6.54 Å². The van der Waals surface area contributed by atoms with E-state index < -0.39 is 0 Å². The number of nitrogens with zero attached hydrogens (tertiary/aromatic N) is 6. The number of thiazole rings is 1. The summed E-state index contributed by atoms with van der Waals surface area (Å²) in [5.41, 5.74) is 1.08. The first kappa shape index (κ1) is 21.1. The highest BCUT2D eigenvalue weighted by Gasteiger charge is 2.15. The Morgan fingerprint density at radius 3 is 2.92 bits per heavy atom. The van der Waals surface area contributed by atoms with Crippen LogP contribution in [0.4, 0.5) is 0 Å². The number of halogens is 1. The summed E-state index contributed by atoms with van der Waals surface area (Å²) in [6.07, 6.45) is 4.70. The number of aromatic nitrogens is 4. The zero-order valence-corrected chi connectivity index (χ0v) is 18.9. The van der Waals surface area contributed by atoms with Crippen LogP contribution in [0, 0.1) is 6.92 Å². The Morgan fingerprint density at radius 2 is 2.19 bits per heavy atom. The van der Waals surface area contributed by atoms with Gasteiger partial charge in [-0.05, 0) is 26.7 Å². The predicted molar refractivity (Wildman–Crippen MR) is 116 cm³/mol. The van der Waals surface area contributed by atoms with E-state index in [1.54, 1.807) is 11.3 Å². The molecule has 0 aliphatic carbocycles. The average Bonchev–Trinajstić information content (AvgIpc) is 3.09. The van der Waals surface area contributed by atoms with Gasteiger partial charge in [0, 0.05) is 31.9 Å². The first-order valence-electron chi connectivity index (χ1n) is 8.98. The number of hydrogen-bond acceptors (Lipinski definition) is 5. The molecule has 3 heterocycles. The molecular formula is C17H28IN7S. The summed E-state index contributed by atoms with van der Waals surface area (Å²) >= 11 is 1.68. The highest BCUT2D eigenvalue weighted by atomic mass is 127. The summed E-state index contributed by atoms with van der Waals surface area (Å²) in [6, 6.07) is 0. The van der Waals surface area contributed by atoms with Crippen LogP contribution < -0.4 is 5.32 Å². The maximum absolute atomic E-state index is 4.78. The molecule has 1 aliphatic heterocycles. The lowest BCUT2D eigenvalue weighted by Crippen LogP contribution is -2.38. The summed E-state index contributed by atoms with van der Waals surface area (Å²) in [6.45, 7) is 7.25. The number of aliphatic imine (C=N–C) groups is 1. The number of rotatable bonds is 5. The molecule has 0 radical (unpaired) electrons. The highest BCUT2D eigenvalue weighted by molar-refractivity contribution is 14.0. The molecule has 0 saturated heterocycles. The number of aryl methyl sites for hydroxylation is 2. The molecule has 1 aliphatic rings. The zero-order chi connectivity index (χ0) is 17.6. The molecule has 1 N–H and O–H groups in total. The fourth-order valence-electron chi connectivity index (χ4n) is 3.08. The minimum atomic E-state index is 0. The van der Waals surface area contributed by atoms with Gasteiger partial charge in [0.1, 0.15) is 12.4 Å². The van der Waals surface area contributed by atoms with Crippen LogP contribution in [0.15, 0.2) is 10.4 Å². The van der Waals surface area contributed by atoms with Gasteiger partial charge in [-0.15, -0.1) is 45.5 Å². The van der Waals surface area contributed by atoms with Gasteiger partial charge in [-0.25, -0.2) is 9.98 Å². The Hall–Kier alpha value is -1.23. The van der Waals surface area contributed by atoms with Gasteiger partial charge in [-0.1, -0.05) is 6.42 Å². The maximum Gasteiger partial charge on any atom is 0.194 e. The molecule has 0 bridgehead atoms. The minimum absolute atomic E-state index is 0. The Bertz CT molecular complexity index is 725. The summed E-state index contributed by atoms with van der Waals surface area (Å²) in [7, 11) is 2.04.